The Morgan fingerprint density at radius 1 is 1.11 bits per heavy atom. The number of benzene rings is 1. The SMILES string of the molecule is C=CCN(CC=C)C(C=O)C=Cc1ccccc1. The van der Waals surface area contributed by atoms with Crippen molar-refractivity contribution in [3.8, 4) is 0 Å². The molecule has 0 bridgehead atoms. The molecule has 1 atom stereocenters. The molecule has 0 amide bonds. The molecule has 0 aromatic heterocycles. The molecular formula is C16H19NO. The van der Waals surface area contributed by atoms with Gasteiger partial charge in [0.25, 0.3) is 0 Å². The van der Waals surface area contributed by atoms with Gasteiger partial charge in [0.1, 0.15) is 6.29 Å². The van der Waals surface area contributed by atoms with Crippen LogP contribution in [0.15, 0.2) is 61.7 Å². The van der Waals surface area contributed by atoms with Crippen LogP contribution in [0.4, 0.5) is 0 Å². The van der Waals surface area contributed by atoms with E-state index in [2.05, 4.69) is 13.2 Å². The molecule has 1 aromatic carbocycles. The highest BCUT2D eigenvalue weighted by molar-refractivity contribution is 5.65. The minimum absolute atomic E-state index is 0.249. The summed E-state index contributed by atoms with van der Waals surface area (Å²) < 4.78 is 0. The van der Waals surface area contributed by atoms with Crippen molar-refractivity contribution in [2.24, 2.45) is 0 Å². The Bertz CT molecular complexity index is 398. The molecule has 0 aliphatic rings. The maximum Gasteiger partial charge on any atom is 0.141 e. The van der Waals surface area contributed by atoms with Crippen LogP contribution in [0.2, 0.25) is 0 Å². The van der Waals surface area contributed by atoms with E-state index in [4.69, 9.17) is 0 Å². The zero-order chi connectivity index (χ0) is 13.2. The number of nitrogens with zero attached hydrogens (tertiary/aromatic N) is 1. The molecule has 94 valence electrons. The fourth-order valence-electron chi connectivity index (χ4n) is 1.68. The van der Waals surface area contributed by atoms with Crippen LogP contribution in [0.1, 0.15) is 5.56 Å². The van der Waals surface area contributed by atoms with Gasteiger partial charge in [0.2, 0.25) is 0 Å². The van der Waals surface area contributed by atoms with Crippen molar-refractivity contribution in [3.63, 3.8) is 0 Å². The van der Waals surface area contributed by atoms with Crippen molar-refractivity contribution < 1.29 is 4.79 Å². The van der Waals surface area contributed by atoms with Crippen molar-refractivity contribution in [3.05, 3.63) is 67.3 Å². The first-order valence-electron chi connectivity index (χ1n) is 5.96. The Hall–Kier alpha value is -1.93. The smallest absolute Gasteiger partial charge is 0.141 e. The fourth-order valence-corrected chi connectivity index (χ4v) is 1.68. The molecule has 0 aliphatic heterocycles. The third kappa shape index (κ3) is 4.52. The quantitative estimate of drug-likeness (QED) is 0.515. The van der Waals surface area contributed by atoms with Crippen molar-refractivity contribution in [2.45, 2.75) is 6.04 Å². The van der Waals surface area contributed by atoms with Gasteiger partial charge in [-0.05, 0) is 5.56 Å². The molecule has 1 unspecified atom stereocenters. The molecule has 0 spiro atoms. The van der Waals surface area contributed by atoms with Crippen LogP contribution in [0, 0.1) is 0 Å². The van der Waals surface area contributed by atoms with Crippen LogP contribution in [0.5, 0.6) is 0 Å². The molecule has 2 nitrogen and oxygen atoms in total. The normalized spacial score (nSPS) is 12.5. The molecule has 0 fully saturated rings. The van der Waals surface area contributed by atoms with Crippen molar-refractivity contribution in [1.82, 2.24) is 4.90 Å². The Morgan fingerprint density at radius 2 is 1.72 bits per heavy atom. The van der Waals surface area contributed by atoms with Crippen LogP contribution < -0.4 is 0 Å². The van der Waals surface area contributed by atoms with Gasteiger partial charge in [-0.15, -0.1) is 13.2 Å². The summed E-state index contributed by atoms with van der Waals surface area (Å²) in [5.74, 6) is 0. The Balaban J connectivity index is 2.75. The second-order valence-corrected chi connectivity index (χ2v) is 3.93. The van der Waals surface area contributed by atoms with Gasteiger partial charge in [-0.25, -0.2) is 0 Å². The van der Waals surface area contributed by atoms with Crippen molar-refractivity contribution in [2.75, 3.05) is 13.1 Å². The zero-order valence-corrected chi connectivity index (χ0v) is 10.5. The monoisotopic (exact) mass is 241 g/mol. The largest absolute Gasteiger partial charge is 0.301 e. The van der Waals surface area contributed by atoms with E-state index in [9.17, 15) is 4.79 Å². The van der Waals surface area contributed by atoms with E-state index < -0.39 is 0 Å². The number of rotatable bonds is 8. The minimum Gasteiger partial charge on any atom is -0.301 e. The van der Waals surface area contributed by atoms with Crippen LogP contribution in [-0.4, -0.2) is 30.3 Å². The lowest BCUT2D eigenvalue weighted by Gasteiger charge is -2.22. The number of aldehydes is 1. The lowest BCUT2D eigenvalue weighted by molar-refractivity contribution is -0.110. The highest BCUT2D eigenvalue weighted by atomic mass is 16.1. The Labute approximate surface area is 109 Å². The number of hydrogen-bond acceptors (Lipinski definition) is 2. The highest BCUT2D eigenvalue weighted by Crippen LogP contribution is 2.05. The average Bonchev–Trinajstić information content (AvgIpc) is 2.41. The van der Waals surface area contributed by atoms with E-state index in [0.29, 0.717) is 13.1 Å². The first kappa shape index (κ1) is 14.1. The van der Waals surface area contributed by atoms with Crippen molar-refractivity contribution >= 4 is 12.4 Å². The van der Waals surface area contributed by atoms with E-state index >= 15 is 0 Å². The summed E-state index contributed by atoms with van der Waals surface area (Å²) >= 11 is 0. The van der Waals surface area contributed by atoms with Gasteiger partial charge in [0.15, 0.2) is 0 Å². The molecule has 0 N–H and O–H groups in total. The van der Waals surface area contributed by atoms with Gasteiger partial charge in [-0.3, -0.25) is 4.90 Å². The van der Waals surface area contributed by atoms with Gasteiger partial charge in [-0.1, -0.05) is 54.6 Å². The van der Waals surface area contributed by atoms with Crippen LogP contribution >= 0.6 is 0 Å². The number of carbonyl (C=O) groups is 1. The summed E-state index contributed by atoms with van der Waals surface area (Å²) in [5.41, 5.74) is 1.08. The molecular weight excluding hydrogens is 222 g/mol. The molecule has 18 heavy (non-hydrogen) atoms. The second-order valence-electron chi connectivity index (χ2n) is 3.93. The maximum atomic E-state index is 11.2. The van der Waals surface area contributed by atoms with Crippen LogP contribution in [0.25, 0.3) is 6.08 Å². The molecule has 0 saturated carbocycles. The number of hydrogen-bond donors (Lipinski definition) is 0. The van der Waals surface area contributed by atoms with Gasteiger partial charge in [-0.2, -0.15) is 0 Å². The summed E-state index contributed by atoms with van der Waals surface area (Å²) in [7, 11) is 0. The van der Waals surface area contributed by atoms with E-state index in [1.54, 1.807) is 12.2 Å². The third-order valence-corrected chi connectivity index (χ3v) is 2.57. The second kappa shape index (κ2) is 8.20. The van der Waals surface area contributed by atoms with E-state index in [1.165, 1.54) is 0 Å². The lowest BCUT2D eigenvalue weighted by Crippen LogP contribution is -2.35. The number of carbonyl (C=O) groups excluding carboxylic acids is 1. The highest BCUT2D eigenvalue weighted by Gasteiger charge is 2.11. The van der Waals surface area contributed by atoms with Crippen LogP contribution in [0.3, 0.4) is 0 Å². The Kier molecular flexibility index (Phi) is 6.44. The lowest BCUT2D eigenvalue weighted by atomic mass is 10.1. The van der Waals surface area contributed by atoms with Gasteiger partial charge in [0, 0.05) is 13.1 Å². The van der Waals surface area contributed by atoms with E-state index in [0.717, 1.165) is 11.8 Å². The summed E-state index contributed by atoms with van der Waals surface area (Å²) in [4.78, 5) is 13.1. The van der Waals surface area contributed by atoms with Gasteiger partial charge < -0.3 is 4.79 Å². The maximum absolute atomic E-state index is 11.2. The molecule has 1 aromatic rings. The topological polar surface area (TPSA) is 20.3 Å². The predicted molar refractivity (Wildman–Crippen MR) is 77.3 cm³/mol. The van der Waals surface area contributed by atoms with E-state index in [1.807, 2.05) is 47.4 Å². The minimum atomic E-state index is -0.249. The predicted octanol–water partition coefficient (Wildman–Crippen LogP) is 2.94. The Morgan fingerprint density at radius 3 is 2.22 bits per heavy atom. The third-order valence-electron chi connectivity index (χ3n) is 2.57. The zero-order valence-electron chi connectivity index (χ0n) is 10.5. The molecule has 0 heterocycles. The van der Waals surface area contributed by atoms with Gasteiger partial charge >= 0.3 is 0 Å². The molecule has 1 rings (SSSR count). The first-order valence-corrected chi connectivity index (χ1v) is 5.96. The molecule has 0 radical (unpaired) electrons. The fraction of sp³-hybridized carbons (Fsp3) is 0.188. The van der Waals surface area contributed by atoms with Gasteiger partial charge in [0.05, 0.1) is 6.04 Å². The summed E-state index contributed by atoms with van der Waals surface area (Å²) in [5, 5.41) is 0. The van der Waals surface area contributed by atoms with Crippen LogP contribution in [-0.2, 0) is 4.79 Å². The summed E-state index contributed by atoms with van der Waals surface area (Å²) in [6.45, 7) is 8.73. The first-order chi connectivity index (χ1) is 8.81. The summed E-state index contributed by atoms with van der Waals surface area (Å²) in [6.07, 6.45) is 8.37. The standard InChI is InChI=1S/C16H19NO/c1-3-12-17(13-4-2)16(14-18)11-10-15-8-6-5-7-9-15/h3-11,14,16H,1-2,12-13H2. The molecule has 0 saturated heterocycles. The molecule has 0 aliphatic carbocycles. The van der Waals surface area contributed by atoms with Crippen molar-refractivity contribution in [1.29, 1.82) is 0 Å². The average molecular weight is 241 g/mol. The van der Waals surface area contributed by atoms with E-state index in [-0.39, 0.29) is 6.04 Å². The summed E-state index contributed by atoms with van der Waals surface area (Å²) in [6, 6.07) is 9.67. The molecule has 2 heteroatoms.